The van der Waals surface area contributed by atoms with Crippen LogP contribution in [0.15, 0.2) is 63.5 Å². The molecule has 11 heteroatoms. The molecule has 0 saturated carbocycles. The molecule has 1 amide bonds. The third-order valence-corrected chi connectivity index (χ3v) is 7.75. The van der Waals surface area contributed by atoms with Crippen LogP contribution in [0.2, 0.25) is 0 Å². The lowest BCUT2D eigenvalue weighted by Crippen LogP contribution is -2.46. The van der Waals surface area contributed by atoms with Crippen LogP contribution in [0, 0.1) is 11.2 Å². The molecule has 1 N–H and O–H groups in total. The Morgan fingerprint density at radius 1 is 1.18 bits per heavy atom. The number of ether oxygens (including phenoxy) is 1. The van der Waals surface area contributed by atoms with E-state index in [0.717, 1.165) is 16.8 Å². The summed E-state index contributed by atoms with van der Waals surface area (Å²) in [6.07, 6.45) is 1.45. The first-order valence-electron chi connectivity index (χ1n) is 9.87. The molecule has 2 aromatic carbocycles. The molecule has 0 spiro atoms. The Bertz CT molecular complexity index is 1330. The summed E-state index contributed by atoms with van der Waals surface area (Å²) >= 11 is 0.754. The van der Waals surface area contributed by atoms with Gasteiger partial charge in [0.25, 0.3) is 5.91 Å². The van der Waals surface area contributed by atoms with Crippen molar-refractivity contribution in [3.63, 3.8) is 0 Å². The minimum Gasteiger partial charge on any atom is -0.489 e. The quantitative estimate of drug-likeness (QED) is 0.508. The number of amidine groups is 3. The summed E-state index contributed by atoms with van der Waals surface area (Å²) in [6, 6.07) is 13.0. The first kappa shape index (κ1) is 22.9. The van der Waals surface area contributed by atoms with Crippen LogP contribution < -0.4 is 4.74 Å². The molecule has 4 rings (SSSR count). The molecule has 0 bridgehead atoms. The van der Waals surface area contributed by atoms with Gasteiger partial charge in [-0.1, -0.05) is 30.3 Å². The summed E-state index contributed by atoms with van der Waals surface area (Å²) in [6.45, 7) is 3.10. The highest BCUT2D eigenvalue weighted by Crippen LogP contribution is 2.31. The molecule has 0 fully saturated rings. The van der Waals surface area contributed by atoms with Crippen LogP contribution in [0.3, 0.4) is 0 Å². The predicted molar refractivity (Wildman–Crippen MR) is 126 cm³/mol. The average molecular weight is 487 g/mol. The first-order chi connectivity index (χ1) is 15.7. The molecule has 0 radical (unpaired) electrons. The fourth-order valence-corrected chi connectivity index (χ4v) is 5.06. The number of aliphatic imine (C=N–C) groups is 1. The highest BCUT2D eigenvalue weighted by Gasteiger charge is 2.43. The Labute approximate surface area is 194 Å². The van der Waals surface area contributed by atoms with Crippen molar-refractivity contribution in [2.24, 2.45) is 9.39 Å². The van der Waals surface area contributed by atoms with E-state index in [0.29, 0.717) is 16.9 Å². The first-order valence-corrected chi connectivity index (χ1v) is 12.2. The summed E-state index contributed by atoms with van der Waals surface area (Å²) in [4.78, 5) is 17.5. The molecule has 0 aliphatic carbocycles. The number of halogens is 1. The van der Waals surface area contributed by atoms with Gasteiger partial charge in [-0.25, -0.2) is 17.7 Å². The van der Waals surface area contributed by atoms with Crippen molar-refractivity contribution in [1.82, 2.24) is 4.90 Å². The summed E-state index contributed by atoms with van der Waals surface area (Å²) in [5.41, 5.74) is 0.945. The number of nitrogens with one attached hydrogen (secondary N) is 1. The average Bonchev–Trinajstić information content (AvgIpc) is 3.21. The normalized spacial score (nSPS) is 17.3. The van der Waals surface area contributed by atoms with E-state index in [1.807, 2.05) is 0 Å². The zero-order valence-corrected chi connectivity index (χ0v) is 19.3. The van der Waals surface area contributed by atoms with E-state index in [9.17, 15) is 17.6 Å². The number of sulfone groups is 1. The van der Waals surface area contributed by atoms with Gasteiger partial charge in [0, 0.05) is 5.56 Å². The van der Waals surface area contributed by atoms with E-state index in [4.69, 9.17) is 10.1 Å². The molecule has 33 heavy (non-hydrogen) atoms. The van der Waals surface area contributed by atoms with E-state index >= 15 is 0 Å². The van der Waals surface area contributed by atoms with Crippen molar-refractivity contribution in [3.8, 4) is 5.75 Å². The van der Waals surface area contributed by atoms with Crippen molar-refractivity contribution in [1.29, 1.82) is 5.41 Å². The fourth-order valence-electron chi connectivity index (χ4n) is 3.00. The van der Waals surface area contributed by atoms with Crippen molar-refractivity contribution in [3.05, 3.63) is 71.0 Å². The van der Waals surface area contributed by atoms with E-state index in [1.165, 1.54) is 26.0 Å². The standard InChI is InChI=1S/C22H19FN4O4S2/c1-13(2)33(29,30)22-26-32-21-25-20(28)17(19(24)27(21)22)11-14-7-9-16(10-8-14)31-12-15-5-3-4-6-18(15)23/h3-11,13,24H,12H2,1-2H3/b17-11-,24-19?. The second-order valence-corrected chi connectivity index (χ2v) is 10.6. The fraction of sp³-hybridized carbons (Fsp3) is 0.182. The number of hydrogen-bond acceptors (Lipinski definition) is 7. The lowest BCUT2D eigenvalue weighted by atomic mass is 10.1. The van der Waals surface area contributed by atoms with Gasteiger partial charge >= 0.3 is 0 Å². The molecular weight excluding hydrogens is 467 g/mol. The SMILES string of the molecule is CC(C)S(=O)(=O)C1=NSC2=NC(=O)/C(=C\c3ccc(OCc4ccccc4F)cc3)C(=N)N21. The molecule has 2 aliphatic rings. The van der Waals surface area contributed by atoms with Crippen molar-refractivity contribution in [2.45, 2.75) is 25.7 Å². The lowest BCUT2D eigenvalue weighted by molar-refractivity contribution is -0.114. The number of hydrogen-bond donors (Lipinski definition) is 1. The Kier molecular flexibility index (Phi) is 6.17. The number of fused-ring (bicyclic) bond motifs is 1. The van der Waals surface area contributed by atoms with Gasteiger partial charge in [0.1, 0.15) is 24.0 Å². The molecule has 8 nitrogen and oxygen atoms in total. The number of benzene rings is 2. The Morgan fingerprint density at radius 2 is 1.88 bits per heavy atom. The van der Waals surface area contributed by atoms with Crippen LogP contribution in [0.25, 0.3) is 6.08 Å². The van der Waals surface area contributed by atoms with Gasteiger partial charge in [-0.05, 0) is 43.7 Å². The largest absolute Gasteiger partial charge is 0.489 e. The molecular formula is C22H19FN4O4S2. The number of carbonyl (C=O) groups excluding carboxylic acids is 1. The topological polar surface area (TPSA) is 112 Å². The molecule has 0 unspecified atom stereocenters. The zero-order chi connectivity index (χ0) is 23.8. The molecule has 0 aromatic heterocycles. The van der Waals surface area contributed by atoms with Gasteiger partial charge in [0.05, 0.1) is 22.8 Å². The summed E-state index contributed by atoms with van der Waals surface area (Å²) in [5.74, 6) is -0.815. The third-order valence-electron chi connectivity index (χ3n) is 4.91. The summed E-state index contributed by atoms with van der Waals surface area (Å²) in [5, 5.41) is 7.46. The van der Waals surface area contributed by atoms with Crippen molar-refractivity contribution >= 4 is 49.9 Å². The van der Waals surface area contributed by atoms with Gasteiger partial charge < -0.3 is 4.74 Å². The molecule has 0 atom stereocenters. The number of rotatable bonds is 5. The maximum atomic E-state index is 13.7. The van der Waals surface area contributed by atoms with Crippen LogP contribution in [-0.2, 0) is 21.2 Å². The van der Waals surface area contributed by atoms with Gasteiger partial charge in [0.2, 0.25) is 20.2 Å². The summed E-state index contributed by atoms with van der Waals surface area (Å²) < 4.78 is 48.5. The molecule has 0 saturated heterocycles. The second kappa shape index (κ2) is 8.91. The van der Waals surface area contributed by atoms with E-state index in [1.54, 1.807) is 42.5 Å². The van der Waals surface area contributed by atoms with Crippen molar-refractivity contribution in [2.75, 3.05) is 0 Å². The lowest BCUT2D eigenvalue weighted by Gasteiger charge is -2.25. The molecule has 170 valence electrons. The highest BCUT2D eigenvalue weighted by atomic mass is 32.2. The van der Waals surface area contributed by atoms with Crippen LogP contribution in [0.5, 0.6) is 5.75 Å². The van der Waals surface area contributed by atoms with E-state index in [-0.39, 0.29) is 34.2 Å². The minimum atomic E-state index is -3.78. The number of nitrogens with zero attached hydrogens (tertiary/aromatic N) is 3. The van der Waals surface area contributed by atoms with Crippen LogP contribution >= 0.6 is 11.9 Å². The van der Waals surface area contributed by atoms with Crippen molar-refractivity contribution < 1.29 is 22.3 Å². The van der Waals surface area contributed by atoms with Crippen LogP contribution in [0.4, 0.5) is 4.39 Å². The third kappa shape index (κ3) is 4.46. The number of carbonyl (C=O) groups is 1. The maximum Gasteiger partial charge on any atom is 0.283 e. The highest BCUT2D eigenvalue weighted by molar-refractivity contribution is 8.16. The van der Waals surface area contributed by atoms with Gasteiger partial charge in [0.15, 0.2) is 0 Å². The van der Waals surface area contributed by atoms with Crippen LogP contribution in [-0.4, -0.2) is 40.6 Å². The maximum absolute atomic E-state index is 13.7. The monoisotopic (exact) mass is 486 g/mol. The van der Waals surface area contributed by atoms with Gasteiger partial charge in [-0.15, -0.1) is 0 Å². The Morgan fingerprint density at radius 3 is 2.55 bits per heavy atom. The minimum absolute atomic E-state index is 0.0401. The second-order valence-electron chi connectivity index (χ2n) is 7.45. The zero-order valence-electron chi connectivity index (χ0n) is 17.6. The predicted octanol–water partition coefficient (Wildman–Crippen LogP) is 3.80. The van der Waals surface area contributed by atoms with E-state index in [2.05, 4.69) is 9.39 Å². The molecule has 2 aromatic rings. The van der Waals surface area contributed by atoms with Gasteiger partial charge in [-0.3, -0.25) is 10.2 Å². The Hall–Kier alpha value is -3.31. The Balaban J connectivity index is 1.54. The summed E-state index contributed by atoms with van der Waals surface area (Å²) in [7, 11) is -3.78. The van der Waals surface area contributed by atoms with E-state index < -0.39 is 21.0 Å². The van der Waals surface area contributed by atoms with Gasteiger partial charge in [-0.2, -0.15) is 9.39 Å². The smallest absolute Gasteiger partial charge is 0.283 e. The van der Waals surface area contributed by atoms with Crippen LogP contribution in [0.1, 0.15) is 25.0 Å². The molecule has 2 heterocycles. The molecule has 2 aliphatic heterocycles. The number of amides is 1.